The van der Waals surface area contributed by atoms with Crippen molar-refractivity contribution in [2.45, 2.75) is 39.3 Å². The molecule has 0 aromatic heterocycles. The standard InChI is InChI=1S/C23H28FN3O3/c1-15-9-16(2)11-18(10-15)23(30)26-14-22(29)25-13-17-3-4-21(20(24)12-17)27-7-5-19(28)6-8-27/h3-4,9-12,19,28H,5-8,13-14H2,1-2H3,(H,25,29)(H,26,30). The molecule has 3 rings (SSSR count). The first kappa shape index (κ1) is 21.8. The van der Waals surface area contributed by atoms with E-state index in [-0.39, 0.29) is 36.8 Å². The number of carbonyl (C=O) groups excluding carboxylic acids is 2. The highest BCUT2D eigenvalue weighted by Crippen LogP contribution is 2.24. The second-order valence-electron chi connectivity index (χ2n) is 7.84. The maximum atomic E-state index is 14.5. The molecule has 0 unspecified atom stereocenters. The lowest BCUT2D eigenvalue weighted by atomic mass is 10.1. The summed E-state index contributed by atoms with van der Waals surface area (Å²) in [5, 5.41) is 14.9. The highest BCUT2D eigenvalue weighted by atomic mass is 19.1. The predicted molar refractivity (Wildman–Crippen MR) is 114 cm³/mol. The third kappa shape index (κ3) is 5.79. The Balaban J connectivity index is 1.48. The summed E-state index contributed by atoms with van der Waals surface area (Å²) in [6.07, 6.45) is 0.949. The normalized spacial score (nSPS) is 14.5. The SMILES string of the molecule is Cc1cc(C)cc(C(=O)NCC(=O)NCc2ccc(N3CCC(O)CC3)c(F)c2)c1. The summed E-state index contributed by atoms with van der Waals surface area (Å²) in [7, 11) is 0. The van der Waals surface area contributed by atoms with E-state index in [1.165, 1.54) is 6.07 Å². The molecule has 1 aliphatic heterocycles. The van der Waals surface area contributed by atoms with Crippen LogP contribution < -0.4 is 15.5 Å². The average molecular weight is 413 g/mol. The monoisotopic (exact) mass is 413 g/mol. The number of carbonyl (C=O) groups is 2. The Bertz CT molecular complexity index is 904. The molecule has 3 N–H and O–H groups in total. The second-order valence-corrected chi connectivity index (χ2v) is 7.84. The van der Waals surface area contributed by atoms with E-state index in [0.717, 1.165) is 11.1 Å². The van der Waals surface area contributed by atoms with Crippen molar-refractivity contribution in [2.75, 3.05) is 24.5 Å². The zero-order chi connectivity index (χ0) is 21.7. The Morgan fingerprint density at radius 3 is 2.37 bits per heavy atom. The number of halogens is 1. The van der Waals surface area contributed by atoms with Crippen LogP contribution in [0.1, 0.15) is 39.9 Å². The number of nitrogens with zero attached hydrogens (tertiary/aromatic N) is 1. The van der Waals surface area contributed by atoms with Gasteiger partial charge in [0.05, 0.1) is 18.3 Å². The lowest BCUT2D eigenvalue weighted by molar-refractivity contribution is -0.120. The maximum absolute atomic E-state index is 14.5. The van der Waals surface area contributed by atoms with Crippen LogP contribution in [-0.2, 0) is 11.3 Å². The van der Waals surface area contributed by atoms with Gasteiger partial charge in [0.2, 0.25) is 5.91 Å². The van der Waals surface area contributed by atoms with Gasteiger partial charge in [-0.25, -0.2) is 4.39 Å². The molecule has 30 heavy (non-hydrogen) atoms. The molecule has 1 heterocycles. The number of aliphatic hydroxyl groups is 1. The largest absolute Gasteiger partial charge is 0.393 e. The number of anilines is 1. The molecular weight excluding hydrogens is 385 g/mol. The summed E-state index contributed by atoms with van der Waals surface area (Å²) in [6, 6.07) is 10.4. The molecule has 1 saturated heterocycles. The van der Waals surface area contributed by atoms with Gasteiger partial charge in [0, 0.05) is 25.2 Å². The number of nitrogens with one attached hydrogen (secondary N) is 2. The van der Waals surface area contributed by atoms with Gasteiger partial charge in [-0.15, -0.1) is 0 Å². The van der Waals surface area contributed by atoms with Crippen molar-refractivity contribution in [3.05, 3.63) is 64.5 Å². The van der Waals surface area contributed by atoms with E-state index >= 15 is 0 Å². The Kier molecular flexibility index (Phi) is 7.05. The molecule has 0 spiro atoms. The Hall–Kier alpha value is -2.93. The van der Waals surface area contributed by atoms with Crippen molar-refractivity contribution in [3.63, 3.8) is 0 Å². The molecule has 0 saturated carbocycles. The summed E-state index contributed by atoms with van der Waals surface area (Å²) in [4.78, 5) is 26.2. The fraction of sp³-hybridized carbons (Fsp3) is 0.391. The van der Waals surface area contributed by atoms with Crippen LogP contribution in [0.25, 0.3) is 0 Å². The zero-order valence-corrected chi connectivity index (χ0v) is 17.4. The van der Waals surface area contributed by atoms with Crippen LogP contribution in [0.4, 0.5) is 10.1 Å². The van der Waals surface area contributed by atoms with Crippen molar-refractivity contribution in [1.29, 1.82) is 0 Å². The van der Waals surface area contributed by atoms with Crippen LogP contribution in [0.2, 0.25) is 0 Å². The quantitative estimate of drug-likeness (QED) is 0.680. The number of aryl methyl sites for hydroxylation is 2. The highest BCUT2D eigenvalue weighted by molar-refractivity contribution is 5.96. The van der Waals surface area contributed by atoms with Crippen LogP contribution in [0.15, 0.2) is 36.4 Å². The van der Waals surface area contributed by atoms with Crippen LogP contribution in [0.3, 0.4) is 0 Å². The fourth-order valence-corrected chi connectivity index (χ4v) is 3.66. The number of aliphatic hydroxyl groups excluding tert-OH is 1. The number of amides is 2. The van der Waals surface area contributed by atoms with Crippen molar-refractivity contribution in [3.8, 4) is 0 Å². The third-order valence-electron chi connectivity index (χ3n) is 5.20. The van der Waals surface area contributed by atoms with Crippen LogP contribution in [-0.4, -0.2) is 42.7 Å². The molecule has 0 aliphatic carbocycles. The van der Waals surface area contributed by atoms with Gasteiger partial charge in [-0.1, -0.05) is 23.3 Å². The van der Waals surface area contributed by atoms with Gasteiger partial charge < -0.3 is 20.6 Å². The molecule has 0 atom stereocenters. The topological polar surface area (TPSA) is 81.7 Å². The van der Waals surface area contributed by atoms with Gasteiger partial charge in [0.1, 0.15) is 5.82 Å². The van der Waals surface area contributed by atoms with Crippen molar-refractivity contribution >= 4 is 17.5 Å². The van der Waals surface area contributed by atoms with E-state index in [1.807, 2.05) is 24.8 Å². The summed E-state index contributed by atoms with van der Waals surface area (Å²) < 4.78 is 14.5. The van der Waals surface area contributed by atoms with E-state index in [1.54, 1.807) is 24.3 Å². The molecule has 1 aliphatic rings. The number of benzene rings is 2. The van der Waals surface area contributed by atoms with Crippen LogP contribution in [0, 0.1) is 19.7 Å². The lowest BCUT2D eigenvalue weighted by Gasteiger charge is -2.31. The molecule has 2 aromatic carbocycles. The van der Waals surface area contributed by atoms with Crippen molar-refractivity contribution in [1.82, 2.24) is 10.6 Å². The third-order valence-corrected chi connectivity index (χ3v) is 5.20. The minimum absolute atomic E-state index is 0.150. The molecule has 0 bridgehead atoms. The van der Waals surface area contributed by atoms with Gasteiger partial charge in [0.25, 0.3) is 5.91 Å². The van der Waals surface area contributed by atoms with E-state index in [9.17, 15) is 19.1 Å². The Labute approximate surface area is 176 Å². The molecule has 2 amide bonds. The zero-order valence-electron chi connectivity index (χ0n) is 17.4. The van der Waals surface area contributed by atoms with Gasteiger partial charge in [0.15, 0.2) is 0 Å². The fourth-order valence-electron chi connectivity index (χ4n) is 3.66. The van der Waals surface area contributed by atoms with Crippen LogP contribution >= 0.6 is 0 Å². The first-order valence-corrected chi connectivity index (χ1v) is 10.2. The molecule has 1 fully saturated rings. The predicted octanol–water partition coefficient (Wildman–Crippen LogP) is 2.45. The first-order valence-electron chi connectivity index (χ1n) is 10.2. The Morgan fingerprint density at radius 1 is 1.07 bits per heavy atom. The molecule has 160 valence electrons. The number of piperidine rings is 1. The minimum atomic E-state index is -0.346. The van der Waals surface area contributed by atoms with Gasteiger partial charge >= 0.3 is 0 Å². The van der Waals surface area contributed by atoms with E-state index < -0.39 is 0 Å². The van der Waals surface area contributed by atoms with Crippen molar-refractivity contribution < 1.29 is 19.1 Å². The molecule has 0 radical (unpaired) electrons. The van der Waals surface area contributed by atoms with Crippen molar-refractivity contribution in [2.24, 2.45) is 0 Å². The van der Waals surface area contributed by atoms with Gasteiger partial charge in [-0.3, -0.25) is 9.59 Å². The highest BCUT2D eigenvalue weighted by Gasteiger charge is 2.19. The lowest BCUT2D eigenvalue weighted by Crippen LogP contribution is -2.37. The Morgan fingerprint density at radius 2 is 1.73 bits per heavy atom. The van der Waals surface area contributed by atoms with Gasteiger partial charge in [-0.05, 0) is 56.5 Å². The van der Waals surface area contributed by atoms with Gasteiger partial charge in [-0.2, -0.15) is 0 Å². The average Bonchev–Trinajstić information content (AvgIpc) is 2.70. The molecule has 2 aromatic rings. The first-order chi connectivity index (χ1) is 14.3. The van der Waals surface area contributed by atoms with Crippen LogP contribution in [0.5, 0.6) is 0 Å². The van der Waals surface area contributed by atoms with E-state index in [2.05, 4.69) is 10.6 Å². The summed E-state index contributed by atoms with van der Waals surface area (Å²) in [5.41, 5.74) is 3.63. The molecule has 7 heteroatoms. The number of hydrogen-bond donors (Lipinski definition) is 3. The summed E-state index contributed by atoms with van der Waals surface area (Å²) in [6.45, 7) is 5.09. The summed E-state index contributed by atoms with van der Waals surface area (Å²) in [5.74, 6) is -0.998. The summed E-state index contributed by atoms with van der Waals surface area (Å²) >= 11 is 0. The maximum Gasteiger partial charge on any atom is 0.251 e. The number of hydrogen-bond acceptors (Lipinski definition) is 4. The van der Waals surface area contributed by atoms with E-state index in [0.29, 0.717) is 42.7 Å². The molecular formula is C23H28FN3O3. The van der Waals surface area contributed by atoms with E-state index in [4.69, 9.17) is 0 Å². The minimum Gasteiger partial charge on any atom is -0.393 e. The molecule has 6 nitrogen and oxygen atoms in total. The smallest absolute Gasteiger partial charge is 0.251 e. The number of rotatable bonds is 6. The second kappa shape index (κ2) is 9.71.